The van der Waals surface area contributed by atoms with Crippen LogP contribution >= 0.6 is 0 Å². The summed E-state index contributed by atoms with van der Waals surface area (Å²) in [5, 5.41) is 3.55. The van der Waals surface area contributed by atoms with Crippen LogP contribution < -0.4 is 15.0 Å². The molecule has 2 unspecified atom stereocenters. The van der Waals surface area contributed by atoms with Gasteiger partial charge in [0.2, 0.25) is 0 Å². The normalized spacial score (nSPS) is 22.9. The van der Waals surface area contributed by atoms with Crippen molar-refractivity contribution in [3.05, 3.63) is 60.2 Å². The van der Waals surface area contributed by atoms with Gasteiger partial charge in [-0.25, -0.2) is 4.79 Å². The van der Waals surface area contributed by atoms with Crippen molar-refractivity contribution in [2.75, 3.05) is 57.3 Å². The first-order valence-electron chi connectivity index (χ1n) is 12.2. The summed E-state index contributed by atoms with van der Waals surface area (Å²) in [7, 11) is 0. The Kier molecular flexibility index (Phi) is 6.98. The molecule has 1 amide bonds. The zero-order valence-corrected chi connectivity index (χ0v) is 19.2. The Morgan fingerprint density at radius 2 is 1.70 bits per heavy atom. The maximum Gasteiger partial charge on any atom is 0.410 e. The zero-order chi connectivity index (χ0) is 22.5. The zero-order valence-electron chi connectivity index (χ0n) is 19.2. The molecule has 3 aliphatic rings. The number of nitrogens with one attached hydrogen (secondary N) is 1. The second-order valence-corrected chi connectivity index (χ2v) is 9.17. The monoisotopic (exact) mass is 450 g/mol. The molecular weight excluding hydrogens is 416 g/mol. The SMILES string of the molecule is O=C(OCc1ccccc1)N1CCN(CCOc2cccc(N3C4CCC3CNC4)c2)CC1. The van der Waals surface area contributed by atoms with Gasteiger partial charge in [-0.05, 0) is 30.5 Å². The van der Waals surface area contributed by atoms with E-state index >= 15 is 0 Å². The van der Waals surface area contributed by atoms with Crippen molar-refractivity contribution in [1.82, 2.24) is 15.1 Å². The van der Waals surface area contributed by atoms with E-state index in [2.05, 4.69) is 33.3 Å². The first-order chi connectivity index (χ1) is 16.3. The molecule has 3 aliphatic heterocycles. The van der Waals surface area contributed by atoms with E-state index < -0.39 is 0 Å². The smallest absolute Gasteiger partial charge is 0.410 e. The first kappa shape index (κ1) is 22.0. The van der Waals surface area contributed by atoms with Gasteiger partial charge in [-0.1, -0.05) is 36.4 Å². The van der Waals surface area contributed by atoms with Gasteiger partial charge in [0.25, 0.3) is 0 Å². The van der Waals surface area contributed by atoms with E-state index in [0.29, 0.717) is 38.4 Å². The molecule has 0 radical (unpaired) electrons. The van der Waals surface area contributed by atoms with Gasteiger partial charge in [-0.15, -0.1) is 0 Å². The maximum atomic E-state index is 12.3. The molecule has 3 fully saturated rings. The molecule has 2 aromatic rings. The van der Waals surface area contributed by atoms with Crippen LogP contribution in [-0.4, -0.2) is 80.4 Å². The topological polar surface area (TPSA) is 57.3 Å². The lowest BCUT2D eigenvalue weighted by Crippen LogP contribution is -2.51. The van der Waals surface area contributed by atoms with Gasteiger partial charge < -0.3 is 24.6 Å². The van der Waals surface area contributed by atoms with Crippen LogP contribution in [0, 0.1) is 0 Å². The van der Waals surface area contributed by atoms with Crippen LogP contribution in [0.25, 0.3) is 0 Å². The Labute approximate surface area is 196 Å². The fraction of sp³-hybridized carbons (Fsp3) is 0.500. The van der Waals surface area contributed by atoms with Gasteiger partial charge in [0.1, 0.15) is 19.0 Å². The molecule has 1 N–H and O–H groups in total. The van der Waals surface area contributed by atoms with E-state index in [1.807, 2.05) is 36.4 Å². The van der Waals surface area contributed by atoms with Gasteiger partial charge >= 0.3 is 6.09 Å². The van der Waals surface area contributed by atoms with Crippen LogP contribution in [0.15, 0.2) is 54.6 Å². The minimum absolute atomic E-state index is 0.228. The molecule has 2 atom stereocenters. The number of rotatable bonds is 7. The van der Waals surface area contributed by atoms with Crippen molar-refractivity contribution in [1.29, 1.82) is 0 Å². The van der Waals surface area contributed by atoms with Crippen LogP contribution in [0.1, 0.15) is 18.4 Å². The van der Waals surface area contributed by atoms with Crippen molar-refractivity contribution in [3.8, 4) is 5.75 Å². The summed E-state index contributed by atoms with van der Waals surface area (Å²) < 4.78 is 11.6. The largest absolute Gasteiger partial charge is 0.492 e. The molecule has 3 heterocycles. The number of hydrogen-bond donors (Lipinski definition) is 1. The molecule has 7 heteroatoms. The molecule has 33 heavy (non-hydrogen) atoms. The summed E-state index contributed by atoms with van der Waals surface area (Å²) in [6, 6.07) is 19.6. The molecule has 0 aliphatic carbocycles. The number of fused-ring (bicyclic) bond motifs is 2. The molecule has 5 rings (SSSR count). The third-order valence-electron chi connectivity index (χ3n) is 7.01. The van der Waals surface area contributed by atoms with E-state index in [4.69, 9.17) is 9.47 Å². The summed E-state index contributed by atoms with van der Waals surface area (Å²) >= 11 is 0. The van der Waals surface area contributed by atoms with E-state index in [9.17, 15) is 4.79 Å². The lowest BCUT2D eigenvalue weighted by molar-refractivity contribution is 0.0684. The number of hydrogen-bond acceptors (Lipinski definition) is 6. The second kappa shape index (κ2) is 10.4. The van der Waals surface area contributed by atoms with Gasteiger partial charge in [0, 0.05) is 69.7 Å². The fourth-order valence-corrected chi connectivity index (χ4v) is 5.19. The minimum atomic E-state index is -0.228. The quantitative estimate of drug-likeness (QED) is 0.700. The van der Waals surface area contributed by atoms with Crippen LogP contribution in [-0.2, 0) is 11.3 Å². The first-order valence-corrected chi connectivity index (χ1v) is 12.2. The third-order valence-corrected chi connectivity index (χ3v) is 7.01. The molecule has 7 nitrogen and oxygen atoms in total. The highest BCUT2D eigenvalue weighted by atomic mass is 16.6. The van der Waals surface area contributed by atoms with E-state index in [0.717, 1.165) is 44.0 Å². The average Bonchev–Trinajstić information content (AvgIpc) is 3.12. The molecule has 0 spiro atoms. The van der Waals surface area contributed by atoms with Crippen molar-refractivity contribution in [2.45, 2.75) is 31.5 Å². The van der Waals surface area contributed by atoms with Crippen molar-refractivity contribution in [3.63, 3.8) is 0 Å². The molecule has 0 saturated carbocycles. The molecule has 176 valence electrons. The minimum Gasteiger partial charge on any atom is -0.492 e. The Morgan fingerprint density at radius 1 is 0.939 bits per heavy atom. The number of anilines is 1. The number of carbonyl (C=O) groups is 1. The van der Waals surface area contributed by atoms with Gasteiger partial charge in [0.15, 0.2) is 0 Å². The highest BCUT2D eigenvalue weighted by molar-refractivity contribution is 5.67. The van der Waals surface area contributed by atoms with E-state index in [1.165, 1.54) is 18.5 Å². The number of carbonyl (C=O) groups excluding carboxylic acids is 1. The summed E-state index contributed by atoms with van der Waals surface area (Å²) in [4.78, 5) is 19.1. The van der Waals surface area contributed by atoms with Gasteiger partial charge in [-0.2, -0.15) is 0 Å². The Bertz CT molecular complexity index is 901. The molecule has 3 saturated heterocycles. The molecule has 2 bridgehead atoms. The van der Waals surface area contributed by atoms with E-state index in [1.54, 1.807) is 4.90 Å². The molecule has 2 aromatic carbocycles. The number of amides is 1. The predicted molar refractivity (Wildman–Crippen MR) is 129 cm³/mol. The molecule has 0 aromatic heterocycles. The molecular formula is C26H34N4O3. The lowest BCUT2D eigenvalue weighted by Gasteiger charge is -2.37. The maximum absolute atomic E-state index is 12.3. The number of piperazine rings is 2. The van der Waals surface area contributed by atoms with Crippen LogP contribution in [0.4, 0.5) is 10.5 Å². The van der Waals surface area contributed by atoms with Crippen LogP contribution in [0.2, 0.25) is 0 Å². The van der Waals surface area contributed by atoms with Crippen molar-refractivity contribution < 1.29 is 14.3 Å². The standard InChI is InChI=1S/C26H34N4O3/c31-26(33-20-21-5-2-1-3-6-21)29-13-11-28(12-14-29)15-16-32-25-8-4-7-22(17-25)30-23-9-10-24(30)19-27-18-23/h1-8,17,23-24,27H,9-16,18-20H2. The fourth-order valence-electron chi connectivity index (χ4n) is 5.19. The number of nitrogens with zero attached hydrogens (tertiary/aromatic N) is 3. The van der Waals surface area contributed by atoms with Crippen molar-refractivity contribution >= 4 is 11.8 Å². The summed E-state index contributed by atoms with van der Waals surface area (Å²) in [5.41, 5.74) is 2.29. The lowest BCUT2D eigenvalue weighted by atomic mass is 10.1. The van der Waals surface area contributed by atoms with Crippen LogP contribution in [0.3, 0.4) is 0 Å². The third kappa shape index (κ3) is 5.42. The number of benzene rings is 2. The predicted octanol–water partition coefficient (Wildman–Crippen LogP) is 2.96. The van der Waals surface area contributed by atoms with Gasteiger partial charge in [0.05, 0.1) is 0 Å². The van der Waals surface area contributed by atoms with Crippen LogP contribution in [0.5, 0.6) is 5.75 Å². The summed E-state index contributed by atoms with van der Waals surface area (Å²) in [6.07, 6.45) is 2.32. The summed E-state index contributed by atoms with van der Waals surface area (Å²) in [5.74, 6) is 0.938. The van der Waals surface area contributed by atoms with Gasteiger partial charge in [-0.3, -0.25) is 4.90 Å². The highest BCUT2D eigenvalue weighted by Crippen LogP contribution is 2.33. The summed E-state index contributed by atoms with van der Waals surface area (Å²) in [6.45, 7) is 7.04. The second-order valence-electron chi connectivity index (χ2n) is 9.17. The highest BCUT2D eigenvalue weighted by Gasteiger charge is 2.36. The average molecular weight is 451 g/mol. The van der Waals surface area contributed by atoms with Crippen molar-refractivity contribution in [2.24, 2.45) is 0 Å². The Hall–Kier alpha value is -2.77. The Morgan fingerprint density at radius 3 is 2.45 bits per heavy atom. The Balaban J connectivity index is 1.03. The van der Waals surface area contributed by atoms with E-state index in [-0.39, 0.29) is 6.09 Å². The number of ether oxygens (including phenoxy) is 2.